The Hall–Kier alpha value is -2.67. The monoisotopic (exact) mass is 327 g/mol. The summed E-state index contributed by atoms with van der Waals surface area (Å²) < 4.78 is 5.43. The fourth-order valence-electron chi connectivity index (χ4n) is 2.73. The molecule has 0 bridgehead atoms. The summed E-state index contributed by atoms with van der Waals surface area (Å²) in [7, 11) is 1.69. The number of nitrogens with zero attached hydrogens (tertiary/aromatic N) is 4. The Kier molecular flexibility index (Phi) is 5.22. The molecule has 2 heterocycles. The molecule has 1 aromatic heterocycles. The quantitative estimate of drug-likeness (QED) is 0.883. The first kappa shape index (κ1) is 16.2. The second-order valence-electron chi connectivity index (χ2n) is 5.53. The predicted octanol–water partition coefficient (Wildman–Crippen LogP) is 0.995. The Labute approximate surface area is 141 Å². The van der Waals surface area contributed by atoms with Crippen molar-refractivity contribution in [2.75, 3.05) is 44.9 Å². The van der Waals surface area contributed by atoms with Gasteiger partial charge in [-0.15, -0.1) is 0 Å². The number of rotatable bonds is 5. The van der Waals surface area contributed by atoms with Crippen LogP contribution in [-0.2, 0) is 0 Å². The number of ether oxygens (including phenoxy) is 1. The van der Waals surface area contributed by atoms with Crippen molar-refractivity contribution in [3.63, 3.8) is 0 Å². The van der Waals surface area contributed by atoms with Crippen LogP contribution in [0, 0.1) is 0 Å². The number of anilines is 1. The van der Waals surface area contributed by atoms with Gasteiger partial charge in [-0.25, -0.2) is 4.98 Å². The number of para-hydroxylation sites is 2. The van der Waals surface area contributed by atoms with Crippen molar-refractivity contribution < 1.29 is 9.53 Å². The molecular formula is C17H21N5O2. The van der Waals surface area contributed by atoms with Crippen LogP contribution in [0.2, 0.25) is 0 Å². The third-order valence-corrected chi connectivity index (χ3v) is 4.06. The molecule has 2 aromatic rings. The number of aromatic nitrogens is 2. The van der Waals surface area contributed by atoms with Crippen LogP contribution in [0.3, 0.4) is 0 Å². The van der Waals surface area contributed by atoms with E-state index < -0.39 is 0 Å². The number of hydrogen-bond donors (Lipinski definition) is 1. The first-order chi connectivity index (χ1) is 11.8. The van der Waals surface area contributed by atoms with Crippen molar-refractivity contribution >= 4 is 11.6 Å². The molecule has 1 aliphatic heterocycles. The summed E-state index contributed by atoms with van der Waals surface area (Å²) >= 11 is 0. The van der Waals surface area contributed by atoms with Crippen LogP contribution in [0.5, 0.6) is 5.75 Å². The summed E-state index contributed by atoms with van der Waals surface area (Å²) in [4.78, 5) is 24.4. The molecule has 1 fully saturated rings. The van der Waals surface area contributed by atoms with E-state index in [2.05, 4.69) is 31.2 Å². The SMILES string of the molecule is COc1ccccc1N1CCN(CNC(=O)c2cnccn2)CC1. The van der Waals surface area contributed by atoms with E-state index in [1.54, 1.807) is 13.3 Å². The molecule has 1 aromatic carbocycles. The molecule has 7 heteroatoms. The fourth-order valence-corrected chi connectivity index (χ4v) is 2.73. The first-order valence-electron chi connectivity index (χ1n) is 7.92. The van der Waals surface area contributed by atoms with E-state index in [0.29, 0.717) is 12.4 Å². The smallest absolute Gasteiger partial charge is 0.272 e. The van der Waals surface area contributed by atoms with Gasteiger partial charge in [0.1, 0.15) is 11.4 Å². The number of hydrogen-bond acceptors (Lipinski definition) is 6. The molecule has 3 rings (SSSR count). The minimum absolute atomic E-state index is 0.199. The lowest BCUT2D eigenvalue weighted by atomic mass is 10.2. The number of methoxy groups -OCH3 is 1. The van der Waals surface area contributed by atoms with Crippen LogP contribution in [0.1, 0.15) is 10.5 Å². The maximum absolute atomic E-state index is 12.0. The lowest BCUT2D eigenvalue weighted by molar-refractivity contribution is 0.0914. The van der Waals surface area contributed by atoms with Gasteiger partial charge in [-0.05, 0) is 12.1 Å². The number of piperazine rings is 1. The standard InChI is InChI=1S/C17H21N5O2/c1-24-16-5-3-2-4-15(16)22-10-8-21(9-11-22)13-20-17(23)14-12-18-6-7-19-14/h2-7,12H,8-11,13H2,1H3,(H,20,23). The molecule has 1 N–H and O–H groups in total. The molecule has 0 atom stereocenters. The van der Waals surface area contributed by atoms with Crippen LogP contribution < -0.4 is 15.0 Å². The predicted molar refractivity (Wildman–Crippen MR) is 91.1 cm³/mol. The number of benzene rings is 1. The molecule has 0 aliphatic carbocycles. The largest absolute Gasteiger partial charge is 0.495 e. The zero-order valence-electron chi connectivity index (χ0n) is 13.7. The Morgan fingerprint density at radius 1 is 1.21 bits per heavy atom. The van der Waals surface area contributed by atoms with E-state index in [4.69, 9.17) is 4.74 Å². The van der Waals surface area contributed by atoms with Crippen LogP contribution in [0.15, 0.2) is 42.9 Å². The fraction of sp³-hybridized carbons (Fsp3) is 0.353. The van der Waals surface area contributed by atoms with Crippen LogP contribution in [0.4, 0.5) is 5.69 Å². The van der Waals surface area contributed by atoms with Crippen LogP contribution in [-0.4, -0.2) is 60.7 Å². The van der Waals surface area contributed by atoms with E-state index in [-0.39, 0.29) is 5.91 Å². The summed E-state index contributed by atoms with van der Waals surface area (Å²) in [5.41, 5.74) is 1.45. The van der Waals surface area contributed by atoms with E-state index in [1.165, 1.54) is 12.4 Å². The highest BCUT2D eigenvalue weighted by atomic mass is 16.5. The van der Waals surface area contributed by atoms with Crippen molar-refractivity contribution in [1.29, 1.82) is 0 Å². The maximum atomic E-state index is 12.0. The summed E-state index contributed by atoms with van der Waals surface area (Å²) in [6, 6.07) is 8.04. The number of carbonyl (C=O) groups excluding carboxylic acids is 1. The molecule has 0 radical (unpaired) electrons. The second kappa shape index (κ2) is 7.74. The topological polar surface area (TPSA) is 70.6 Å². The summed E-state index contributed by atoms with van der Waals surface area (Å²) in [6.07, 6.45) is 4.53. The van der Waals surface area contributed by atoms with E-state index >= 15 is 0 Å². The number of nitrogens with one attached hydrogen (secondary N) is 1. The Morgan fingerprint density at radius 2 is 2.00 bits per heavy atom. The van der Waals surface area contributed by atoms with Crippen molar-refractivity contribution in [3.8, 4) is 5.75 Å². The summed E-state index contributed by atoms with van der Waals surface area (Å²) in [5, 5.41) is 2.89. The first-order valence-corrected chi connectivity index (χ1v) is 7.92. The van der Waals surface area contributed by atoms with Crippen molar-refractivity contribution in [2.24, 2.45) is 0 Å². The highest BCUT2D eigenvalue weighted by Crippen LogP contribution is 2.28. The molecule has 0 saturated carbocycles. The van der Waals surface area contributed by atoms with Crippen LogP contribution in [0.25, 0.3) is 0 Å². The van der Waals surface area contributed by atoms with Gasteiger partial charge < -0.3 is 15.0 Å². The molecule has 0 unspecified atom stereocenters. The molecule has 126 valence electrons. The van der Waals surface area contributed by atoms with E-state index in [1.807, 2.05) is 18.2 Å². The minimum atomic E-state index is -0.199. The number of carbonyl (C=O) groups is 1. The van der Waals surface area contributed by atoms with Crippen molar-refractivity contribution in [2.45, 2.75) is 0 Å². The summed E-state index contributed by atoms with van der Waals surface area (Å²) in [6.45, 7) is 4.04. The Balaban J connectivity index is 1.50. The van der Waals surface area contributed by atoms with Gasteiger partial charge >= 0.3 is 0 Å². The zero-order valence-corrected chi connectivity index (χ0v) is 13.7. The van der Waals surface area contributed by atoms with Gasteiger partial charge in [-0.3, -0.25) is 14.7 Å². The molecule has 1 aliphatic rings. The van der Waals surface area contributed by atoms with Gasteiger partial charge in [0.05, 0.1) is 25.7 Å². The second-order valence-corrected chi connectivity index (χ2v) is 5.53. The maximum Gasteiger partial charge on any atom is 0.272 e. The number of amides is 1. The van der Waals surface area contributed by atoms with Crippen molar-refractivity contribution in [1.82, 2.24) is 20.2 Å². The van der Waals surface area contributed by atoms with Gasteiger partial charge in [0.2, 0.25) is 0 Å². The highest BCUT2D eigenvalue weighted by Gasteiger charge is 2.20. The van der Waals surface area contributed by atoms with Gasteiger partial charge in [-0.1, -0.05) is 12.1 Å². The minimum Gasteiger partial charge on any atom is -0.495 e. The summed E-state index contributed by atoms with van der Waals surface area (Å²) in [5.74, 6) is 0.692. The lowest BCUT2D eigenvalue weighted by Crippen LogP contribution is -2.50. The molecule has 24 heavy (non-hydrogen) atoms. The molecular weight excluding hydrogens is 306 g/mol. The van der Waals surface area contributed by atoms with E-state index in [0.717, 1.165) is 37.6 Å². The lowest BCUT2D eigenvalue weighted by Gasteiger charge is -2.36. The average molecular weight is 327 g/mol. The normalized spacial score (nSPS) is 15.1. The highest BCUT2D eigenvalue weighted by molar-refractivity contribution is 5.91. The van der Waals surface area contributed by atoms with Gasteiger partial charge in [0.25, 0.3) is 5.91 Å². The van der Waals surface area contributed by atoms with Crippen LogP contribution >= 0.6 is 0 Å². The third kappa shape index (κ3) is 3.80. The molecule has 1 amide bonds. The zero-order chi connectivity index (χ0) is 16.8. The molecule has 7 nitrogen and oxygen atoms in total. The van der Waals surface area contributed by atoms with Crippen molar-refractivity contribution in [3.05, 3.63) is 48.5 Å². The Morgan fingerprint density at radius 3 is 2.71 bits per heavy atom. The van der Waals surface area contributed by atoms with Gasteiger partial charge in [0.15, 0.2) is 0 Å². The van der Waals surface area contributed by atoms with Gasteiger partial charge in [-0.2, -0.15) is 0 Å². The average Bonchev–Trinajstić information content (AvgIpc) is 2.67. The van der Waals surface area contributed by atoms with Gasteiger partial charge in [0, 0.05) is 38.6 Å². The molecule has 0 spiro atoms. The Bertz CT molecular complexity index is 672. The third-order valence-electron chi connectivity index (χ3n) is 4.06. The van der Waals surface area contributed by atoms with E-state index in [9.17, 15) is 4.79 Å². The molecule has 1 saturated heterocycles.